The minimum absolute atomic E-state index is 0.714. The zero-order valence-electron chi connectivity index (χ0n) is 21.3. The van der Waals surface area contributed by atoms with Crippen LogP contribution < -0.4 is 10.6 Å². The predicted molar refractivity (Wildman–Crippen MR) is 129 cm³/mol. The first-order valence-corrected chi connectivity index (χ1v) is 13.1. The van der Waals surface area contributed by atoms with Crippen LogP contribution in [0.4, 0.5) is 0 Å². The van der Waals surface area contributed by atoms with E-state index >= 15 is 0 Å². The van der Waals surface area contributed by atoms with Crippen LogP contribution in [0, 0.1) is 41.4 Å². The van der Waals surface area contributed by atoms with Gasteiger partial charge in [0.25, 0.3) is 0 Å². The van der Waals surface area contributed by atoms with E-state index in [1.165, 1.54) is 44.9 Å². The first-order valence-electron chi connectivity index (χ1n) is 13.1. The number of nitrogens with one attached hydrogen (secondary N) is 2. The van der Waals surface area contributed by atoms with Gasteiger partial charge in [0.05, 0.1) is 0 Å². The Morgan fingerprint density at radius 1 is 0.586 bits per heavy atom. The molecule has 0 saturated carbocycles. The molecule has 5 unspecified atom stereocenters. The summed E-state index contributed by atoms with van der Waals surface area (Å²) in [6.45, 7) is 21.7. The number of piperidine rings is 2. The van der Waals surface area contributed by atoms with E-state index in [-0.39, 0.29) is 0 Å². The van der Waals surface area contributed by atoms with Gasteiger partial charge in [0, 0.05) is 24.2 Å². The second-order valence-corrected chi connectivity index (χ2v) is 12.2. The zero-order valence-corrected chi connectivity index (χ0v) is 21.3. The van der Waals surface area contributed by atoms with Gasteiger partial charge in [0.1, 0.15) is 0 Å². The first kappa shape index (κ1) is 25.2. The van der Waals surface area contributed by atoms with Crippen molar-refractivity contribution in [2.45, 2.75) is 131 Å². The highest BCUT2D eigenvalue weighted by molar-refractivity contribution is 4.91. The van der Waals surface area contributed by atoms with Gasteiger partial charge in [-0.05, 0) is 67.1 Å². The quantitative estimate of drug-likeness (QED) is 0.435. The standard InChI is InChI=1S/C27H54N2/c1-17(2)24-13-22(14-25(28-24)18(3)4)12-10-11-21(9)23-15-26(19(5)6)29-27(16-23)20(7)8/h17-29H,10-16H2,1-9H3. The molecule has 0 aromatic carbocycles. The molecule has 2 saturated heterocycles. The molecule has 29 heavy (non-hydrogen) atoms. The minimum Gasteiger partial charge on any atom is -0.311 e. The second kappa shape index (κ2) is 11.5. The molecule has 0 bridgehead atoms. The fourth-order valence-electron chi connectivity index (χ4n) is 5.91. The molecule has 0 spiro atoms. The smallest absolute Gasteiger partial charge is 0.00955 e. The summed E-state index contributed by atoms with van der Waals surface area (Å²) in [6, 6.07) is 2.88. The molecule has 2 heterocycles. The summed E-state index contributed by atoms with van der Waals surface area (Å²) in [7, 11) is 0. The van der Waals surface area contributed by atoms with Crippen LogP contribution in [0.5, 0.6) is 0 Å². The molecule has 2 aliphatic rings. The van der Waals surface area contributed by atoms with Gasteiger partial charge in [0.2, 0.25) is 0 Å². The molecule has 2 aliphatic heterocycles. The molecule has 2 fully saturated rings. The lowest BCUT2D eigenvalue weighted by molar-refractivity contribution is 0.131. The van der Waals surface area contributed by atoms with Crippen LogP contribution >= 0.6 is 0 Å². The van der Waals surface area contributed by atoms with E-state index in [2.05, 4.69) is 72.9 Å². The molecule has 172 valence electrons. The van der Waals surface area contributed by atoms with E-state index in [9.17, 15) is 0 Å². The Morgan fingerprint density at radius 2 is 0.966 bits per heavy atom. The molecule has 2 heteroatoms. The Labute approximate surface area is 183 Å². The van der Waals surface area contributed by atoms with Gasteiger partial charge in [-0.1, -0.05) is 81.6 Å². The zero-order chi connectivity index (χ0) is 21.7. The maximum atomic E-state index is 3.97. The van der Waals surface area contributed by atoms with Gasteiger partial charge in [-0.15, -0.1) is 0 Å². The molecule has 2 N–H and O–H groups in total. The SMILES string of the molecule is CC(C)C1CC(CCCC(C)C2CC(C(C)C)NC(C(C)C)C2)CC(C(C)C)N1. The lowest BCUT2D eigenvalue weighted by Gasteiger charge is -2.43. The number of hydrogen-bond donors (Lipinski definition) is 2. The second-order valence-electron chi connectivity index (χ2n) is 12.2. The molecule has 2 rings (SSSR count). The van der Waals surface area contributed by atoms with Gasteiger partial charge >= 0.3 is 0 Å². The van der Waals surface area contributed by atoms with E-state index in [0.29, 0.717) is 12.1 Å². The van der Waals surface area contributed by atoms with Gasteiger partial charge in [-0.3, -0.25) is 0 Å². The van der Waals surface area contributed by atoms with E-state index < -0.39 is 0 Å². The van der Waals surface area contributed by atoms with Crippen LogP contribution in [0.15, 0.2) is 0 Å². The summed E-state index contributed by atoms with van der Waals surface area (Å²) in [6.07, 6.45) is 9.89. The topological polar surface area (TPSA) is 24.1 Å². The lowest BCUT2D eigenvalue weighted by Crippen LogP contribution is -2.51. The molecule has 0 aromatic heterocycles. The normalized spacial score (nSPS) is 35.1. The van der Waals surface area contributed by atoms with E-state index in [0.717, 1.165) is 53.5 Å². The average molecular weight is 407 g/mol. The highest BCUT2D eigenvalue weighted by Crippen LogP contribution is 2.36. The number of hydrogen-bond acceptors (Lipinski definition) is 2. The Bertz CT molecular complexity index is 423. The summed E-state index contributed by atoms with van der Waals surface area (Å²) >= 11 is 0. The van der Waals surface area contributed by atoms with Gasteiger partial charge in [-0.2, -0.15) is 0 Å². The maximum absolute atomic E-state index is 3.97. The van der Waals surface area contributed by atoms with E-state index in [4.69, 9.17) is 0 Å². The highest BCUT2D eigenvalue weighted by Gasteiger charge is 2.34. The van der Waals surface area contributed by atoms with E-state index in [1.807, 2.05) is 0 Å². The molecule has 0 aromatic rings. The van der Waals surface area contributed by atoms with Crippen molar-refractivity contribution in [2.24, 2.45) is 41.4 Å². The molecule has 0 radical (unpaired) electrons. The highest BCUT2D eigenvalue weighted by atomic mass is 15.0. The summed E-state index contributed by atoms with van der Waals surface area (Å²) < 4.78 is 0. The largest absolute Gasteiger partial charge is 0.311 e. The average Bonchev–Trinajstić information content (AvgIpc) is 2.67. The fourth-order valence-corrected chi connectivity index (χ4v) is 5.91. The monoisotopic (exact) mass is 406 g/mol. The first-order chi connectivity index (χ1) is 13.6. The van der Waals surface area contributed by atoms with Crippen LogP contribution in [0.1, 0.15) is 107 Å². The van der Waals surface area contributed by atoms with Crippen molar-refractivity contribution in [3.8, 4) is 0 Å². The van der Waals surface area contributed by atoms with Crippen molar-refractivity contribution in [3.63, 3.8) is 0 Å². The van der Waals surface area contributed by atoms with Gasteiger partial charge in [0.15, 0.2) is 0 Å². The Hall–Kier alpha value is -0.0800. The summed E-state index contributed by atoms with van der Waals surface area (Å²) in [5.74, 6) is 5.74. The predicted octanol–water partition coefficient (Wildman–Crippen LogP) is 6.89. The summed E-state index contributed by atoms with van der Waals surface area (Å²) in [4.78, 5) is 0. The van der Waals surface area contributed by atoms with Crippen molar-refractivity contribution in [1.29, 1.82) is 0 Å². The third-order valence-electron chi connectivity index (χ3n) is 8.44. The number of rotatable bonds is 9. The summed E-state index contributed by atoms with van der Waals surface area (Å²) in [5, 5.41) is 7.93. The Balaban J connectivity index is 1.85. The van der Waals surface area contributed by atoms with Crippen molar-refractivity contribution in [1.82, 2.24) is 10.6 Å². The van der Waals surface area contributed by atoms with Gasteiger partial charge in [-0.25, -0.2) is 0 Å². The molecule has 5 atom stereocenters. The van der Waals surface area contributed by atoms with Crippen molar-refractivity contribution >= 4 is 0 Å². The van der Waals surface area contributed by atoms with Crippen LogP contribution in [0.25, 0.3) is 0 Å². The third-order valence-corrected chi connectivity index (χ3v) is 8.44. The van der Waals surface area contributed by atoms with Crippen LogP contribution in [0.3, 0.4) is 0 Å². The Kier molecular flexibility index (Phi) is 10.00. The van der Waals surface area contributed by atoms with Gasteiger partial charge < -0.3 is 10.6 Å². The fraction of sp³-hybridized carbons (Fsp3) is 1.00. The molecule has 0 aliphatic carbocycles. The van der Waals surface area contributed by atoms with E-state index in [1.54, 1.807) is 0 Å². The maximum Gasteiger partial charge on any atom is 0.00955 e. The third kappa shape index (κ3) is 7.53. The Morgan fingerprint density at radius 3 is 1.34 bits per heavy atom. The molecule has 2 nitrogen and oxygen atoms in total. The van der Waals surface area contributed by atoms with Crippen molar-refractivity contribution in [3.05, 3.63) is 0 Å². The molecular formula is C27H54N2. The molecular weight excluding hydrogens is 352 g/mol. The van der Waals surface area contributed by atoms with Crippen LogP contribution in [-0.4, -0.2) is 24.2 Å². The van der Waals surface area contributed by atoms with Crippen LogP contribution in [0.2, 0.25) is 0 Å². The van der Waals surface area contributed by atoms with Crippen molar-refractivity contribution < 1.29 is 0 Å². The minimum atomic E-state index is 0.714. The molecule has 0 amide bonds. The summed E-state index contributed by atoms with van der Waals surface area (Å²) in [5.41, 5.74) is 0. The lowest BCUT2D eigenvalue weighted by atomic mass is 9.73. The van der Waals surface area contributed by atoms with Crippen LogP contribution in [-0.2, 0) is 0 Å². The van der Waals surface area contributed by atoms with Crippen molar-refractivity contribution in [2.75, 3.05) is 0 Å².